The average Bonchev–Trinajstić information content (AvgIpc) is 3.10. The first kappa shape index (κ1) is 11.0. The summed E-state index contributed by atoms with van der Waals surface area (Å²) in [7, 11) is 4.04. The van der Waals surface area contributed by atoms with Crippen molar-refractivity contribution in [3.8, 4) is 0 Å². The van der Waals surface area contributed by atoms with Crippen molar-refractivity contribution in [2.75, 3.05) is 19.0 Å². The Morgan fingerprint density at radius 3 is 2.44 bits per heavy atom. The van der Waals surface area contributed by atoms with Crippen molar-refractivity contribution in [2.45, 2.75) is 19.4 Å². The van der Waals surface area contributed by atoms with Crippen LogP contribution in [-0.2, 0) is 11.3 Å². The van der Waals surface area contributed by atoms with Crippen molar-refractivity contribution in [3.63, 3.8) is 0 Å². The Morgan fingerprint density at radius 1 is 1.31 bits per heavy atom. The lowest BCUT2D eigenvalue weighted by Gasteiger charge is -2.12. The minimum atomic E-state index is 0.205. The van der Waals surface area contributed by atoms with Gasteiger partial charge in [-0.15, -0.1) is 0 Å². The summed E-state index contributed by atoms with van der Waals surface area (Å²) in [4.78, 5) is 13.5. The Morgan fingerprint density at radius 2 is 1.94 bits per heavy atom. The molecule has 0 radical (unpaired) electrons. The van der Waals surface area contributed by atoms with Gasteiger partial charge in [-0.25, -0.2) is 0 Å². The summed E-state index contributed by atoms with van der Waals surface area (Å²) in [5.74, 6) is 0.498. The normalized spacial score (nSPS) is 14.6. The van der Waals surface area contributed by atoms with Crippen molar-refractivity contribution in [2.24, 2.45) is 5.92 Å². The van der Waals surface area contributed by atoms with Crippen LogP contribution in [0, 0.1) is 5.92 Å². The van der Waals surface area contributed by atoms with Crippen LogP contribution < -0.4 is 10.2 Å². The van der Waals surface area contributed by atoms with E-state index in [1.807, 2.05) is 14.1 Å². The molecule has 1 aromatic carbocycles. The maximum Gasteiger partial charge on any atom is 0.223 e. The van der Waals surface area contributed by atoms with Gasteiger partial charge in [0.25, 0.3) is 0 Å². The van der Waals surface area contributed by atoms with Gasteiger partial charge in [-0.2, -0.15) is 0 Å². The zero-order valence-corrected chi connectivity index (χ0v) is 9.86. The molecule has 1 amide bonds. The first-order valence-corrected chi connectivity index (χ1v) is 5.71. The molecule has 1 N–H and O–H groups in total. The van der Waals surface area contributed by atoms with Gasteiger partial charge in [0.1, 0.15) is 0 Å². The van der Waals surface area contributed by atoms with Crippen molar-refractivity contribution in [3.05, 3.63) is 29.8 Å². The highest BCUT2D eigenvalue weighted by atomic mass is 16.2. The molecule has 1 fully saturated rings. The van der Waals surface area contributed by atoms with Gasteiger partial charge in [0.2, 0.25) is 5.91 Å². The molecule has 16 heavy (non-hydrogen) atoms. The smallest absolute Gasteiger partial charge is 0.223 e. The third-order valence-corrected chi connectivity index (χ3v) is 2.87. The lowest BCUT2D eigenvalue weighted by atomic mass is 10.2. The Kier molecular flexibility index (Phi) is 3.13. The lowest BCUT2D eigenvalue weighted by molar-refractivity contribution is -0.122. The molecule has 1 aliphatic rings. The molecule has 0 saturated heterocycles. The molecular weight excluding hydrogens is 200 g/mol. The Labute approximate surface area is 96.5 Å². The first-order chi connectivity index (χ1) is 7.66. The second kappa shape index (κ2) is 4.56. The number of anilines is 1. The van der Waals surface area contributed by atoms with Gasteiger partial charge in [-0.1, -0.05) is 12.1 Å². The Bertz CT molecular complexity index is 366. The number of carbonyl (C=O) groups is 1. The number of nitrogens with one attached hydrogen (secondary N) is 1. The predicted molar refractivity (Wildman–Crippen MR) is 65.3 cm³/mol. The molecule has 0 unspecified atom stereocenters. The number of benzene rings is 1. The maximum absolute atomic E-state index is 11.4. The van der Waals surface area contributed by atoms with Gasteiger partial charge in [0.15, 0.2) is 0 Å². The minimum Gasteiger partial charge on any atom is -0.378 e. The van der Waals surface area contributed by atoms with E-state index in [0.717, 1.165) is 18.4 Å². The first-order valence-electron chi connectivity index (χ1n) is 5.71. The van der Waals surface area contributed by atoms with Crippen molar-refractivity contribution in [1.29, 1.82) is 0 Å². The summed E-state index contributed by atoms with van der Waals surface area (Å²) in [5, 5.41) is 2.96. The van der Waals surface area contributed by atoms with E-state index in [1.54, 1.807) is 0 Å². The van der Waals surface area contributed by atoms with E-state index in [0.29, 0.717) is 12.5 Å². The van der Waals surface area contributed by atoms with Crippen LogP contribution in [0.25, 0.3) is 0 Å². The predicted octanol–water partition coefficient (Wildman–Crippen LogP) is 1.78. The van der Waals surface area contributed by atoms with E-state index in [2.05, 4.69) is 34.5 Å². The number of hydrogen-bond donors (Lipinski definition) is 1. The molecule has 2 rings (SSSR count). The summed E-state index contributed by atoms with van der Waals surface area (Å²) < 4.78 is 0. The van der Waals surface area contributed by atoms with Crippen molar-refractivity contribution >= 4 is 11.6 Å². The minimum absolute atomic E-state index is 0.205. The molecule has 3 heteroatoms. The van der Waals surface area contributed by atoms with Crippen LogP contribution in [0.4, 0.5) is 5.69 Å². The van der Waals surface area contributed by atoms with Gasteiger partial charge < -0.3 is 10.2 Å². The molecule has 86 valence electrons. The summed E-state index contributed by atoms with van der Waals surface area (Å²) >= 11 is 0. The van der Waals surface area contributed by atoms with Crippen molar-refractivity contribution < 1.29 is 4.79 Å². The van der Waals surface area contributed by atoms with Crippen LogP contribution >= 0.6 is 0 Å². The van der Waals surface area contributed by atoms with Crippen LogP contribution in [0.1, 0.15) is 18.4 Å². The van der Waals surface area contributed by atoms with E-state index in [1.165, 1.54) is 5.69 Å². The number of hydrogen-bond acceptors (Lipinski definition) is 2. The molecule has 1 aliphatic carbocycles. The highest BCUT2D eigenvalue weighted by Crippen LogP contribution is 2.28. The fourth-order valence-corrected chi connectivity index (χ4v) is 1.59. The number of amides is 1. The Balaban J connectivity index is 1.87. The summed E-state index contributed by atoms with van der Waals surface area (Å²) in [6.07, 6.45) is 2.12. The molecule has 0 heterocycles. The summed E-state index contributed by atoms with van der Waals surface area (Å²) in [6.45, 7) is 0.642. The average molecular weight is 218 g/mol. The van der Waals surface area contributed by atoms with Gasteiger partial charge >= 0.3 is 0 Å². The molecule has 1 saturated carbocycles. The summed E-state index contributed by atoms with van der Waals surface area (Å²) in [5.41, 5.74) is 2.33. The fraction of sp³-hybridized carbons (Fsp3) is 0.462. The summed E-state index contributed by atoms with van der Waals surface area (Å²) in [6, 6.07) is 8.25. The molecule has 3 nitrogen and oxygen atoms in total. The van der Waals surface area contributed by atoms with Crippen LogP contribution in [-0.4, -0.2) is 20.0 Å². The number of nitrogens with zero attached hydrogens (tertiary/aromatic N) is 1. The fourth-order valence-electron chi connectivity index (χ4n) is 1.59. The topological polar surface area (TPSA) is 32.3 Å². The van der Waals surface area contributed by atoms with Crippen LogP contribution in [0.5, 0.6) is 0 Å². The molecular formula is C13H18N2O. The zero-order valence-electron chi connectivity index (χ0n) is 9.86. The largest absolute Gasteiger partial charge is 0.378 e. The second-order valence-corrected chi connectivity index (χ2v) is 4.55. The second-order valence-electron chi connectivity index (χ2n) is 4.55. The molecule has 1 aromatic rings. The third-order valence-electron chi connectivity index (χ3n) is 2.87. The highest BCUT2D eigenvalue weighted by Gasteiger charge is 2.29. The molecule has 0 atom stereocenters. The molecule has 0 bridgehead atoms. The van der Waals surface area contributed by atoms with Crippen LogP contribution in [0.3, 0.4) is 0 Å². The van der Waals surface area contributed by atoms with E-state index in [9.17, 15) is 4.79 Å². The number of carbonyl (C=O) groups excluding carboxylic acids is 1. The van der Waals surface area contributed by atoms with Gasteiger partial charge in [-0.3, -0.25) is 4.79 Å². The van der Waals surface area contributed by atoms with Crippen LogP contribution in [0.2, 0.25) is 0 Å². The maximum atomic E-state index is 11.4. The number of rotatable bonds is 4. The molecule has 0 spiro atoms. The monoisotopic (exact) mass is 218 g/mol. The van der Waals surface area contributed by atoms with E-state index in [4.69, 9.17) is 0 Å². The van der Waals surface area contributed by atoms with E-state index in [-0.39, 0.29) is 5.91 Å². The van der Waals surface area contributed by atoms with Gasteiger partial charge in [-0.05, 0) is 30.5 Å². The van der Waals surface area contributed by atoms with E-state index >= 15 is 0 Å². The third kappa shape index (κ3) is 2.75. The molecule has 0 aromatic heterocycles. The quantitative estimate of drug-likeness (QED) is 0.835. The lowest BCUT2D eigenvalue weighted by Crippen LogP contribution is -2.24. The SMILES string of the molecule is CN(C)c1ccc(CNC(=O)C2CC2)cc1. The molecule has 0 aliphatic heterocycles. The van der Waals surface area contributed by atoms with Crippen LogP contribution in [0.15, 0.2) is 24.3 Å². The van der Waals surface area contributed by atoms with Crippen molar-refractivity contribution in [1.82, 2.24) is 5.32 Å². The van der Waals surface area contributed by atoms with Gasteiger partial charge in [0, 0.05) is 32.2 Å². The highest BCUT2D eigenvalue weighted by molar-refractivity contribution is 5.80. The van der Waals surface area contributed by atoms with Gasteiger partial charge in [0.05, 0.1) is 0 Å². The Hall–Kier alpha value is -1.51. The zero-order chi connectivity index (χ0) is 11.5. The standard InChI is InChI=1S/C13H18N2O/c1-15(2)12-7-3-10(4-8-12)9-14-13(16)11-5-6-11/h3-4,7-8,11H,5-6,9H2,1-2H3,(H,14,16). The van der Waals surface area contributed by atoms with E-state index < -0.39 is 0 Å².